The number of hydrogen-bond donors (Lipinski definition) is 0. The van der Waals surface area contributed by atoms with Crippen LogP contribution in [0.25, 0.3) is 0 Å². The maximum Gasteiger partial charge on any atom is 2.00 e. The molecule has 0 aromatic heterocycles. The summed E-state index contributed by atoms with van der Waals surface area (Å²) in [5.74, 6) is 3.71. The van der Waals surface area contributed by atoms with E-state index in [2.05, 4.69) is 41.5 Å². The van der Waals surface area contributed by atoms with E-state index in [1.807, 2.05) is 0 Å². The molecule has 0 saturated carbocycles. The van der Waals surface area contributed by atoms with Gasteiger partial charge in [-0.15, -0.1) is 0 Å². The molecular formula is C20H44Be. The van der Waals surface area contributed by atoms with E-state index < -0.39 is 0 Å². The van der Waals surface area contributed by atoms with Crippen LogP contribution < -0.4 is 0 Å². The summed E-state index contributed by atoms with van der Waals surface area (Å²) in [4.78, 5) is 0. The molecule has 0 aliphatic carbocycles. The van der Waals surface area contributed by atoms with Gasteiger partial charge >= 0.3 is 10.1 Å². The zero-order valence-corrected chi connectivity index (χ0v) is 16.1. The van der Waals surface area contributed by atoms with Crippen LogP contribution in [0.3, 0.4) is 0 Å². The Morgan fingerprint density at radius 3 is 1.24 bits per heavy atom. The molecule has 3 atom stereocenters. The largest absolute Gasteiger partial charge is 2.00 e. The summed E-state index contributed by atoms with van der Waals surface area (Å²) in [6.45, 7) is 14.3. The Kier molecular flexibility index (Phi) is 16.8. The summed E-state index contributed by atoms with van der Waals surface area (Å²) in [6.07, 6.45) is 14.3. The molecule has 21 heavy (non-hydrogen) atoms. The van der Waals surface area contributed by atoms with E-state index in [4.69, 9.17) is 0 Å². The van der Waals surface area contributed by atoms with Gasteiger partial charge in [0, 0.05) is 0 Å². The molecule has 0 heterocycles. The topological polar surface area (TPSA) is 0 Å². The van der Waals surface area contributed by atoms with Gasteiger partial charge in [-0.1, -0.05) is 106 Å². The predicted molar refractivity (Wildman–Crippen MR) is 102 cm³/mol. The SMILES string of the molecule is CCC(C)CCCC(C)CCCC(C)CCCC(C)C.[Be+2].[H-].[H-]. The summed E-state index contributed by atoms with van der Waals surface area (Å²) < 4.78 is 0. The Morgan fingerprint density at radius 2 is 0.905 bits per heavy atom. The Morgan fingerprint density at radius 1 is 0.571 bits per heavy atom. The molecule has 3 unspecified atom stereocenters. The molecule has 0 N–H and O–H groups in total. The van der Waals surface area contributed by atoms with E-state index >= 15 is 0 Å². The average molecular weight is 294 g/mol. The maximum absolute atomic E-state index is 2.46. The van der Waals surface area contributed by atoms with Crippen molar-refractivity contribution >= 4 is 10.1 Å². The van der Waals surface area contributed by atoms with Crippen molar-refractivity contribution < 1.29 is 2.85 Å². The van der Waals surface area contributed by atoms with Crippen LogP contribution in [0.5, 0.6) is 0 Å². The summed E-state index contributed by atoms with van der Waals surface area (Å²) in [5.41, 5.74) is 0. The molecule has 0 saturated heterocycles. The fourth-order valence-electron chi connectivity index (χ4n) is 3.00. The monoisotopic (exact) mass is 293 g/mol. The van der Waals surface area contributed by atoms with Gasteiger partial charge < -0.3 is 2.85 Å². The van der Waals surface area contributed by atoms with Crippen molar-refractivity contribution in [2.75, 3.05) is 0 Å². The van der Waals surface area contributed by atoms with Crippen LogP contribution in [0.1, 0.15) is 109 Å². The molecular weight excluding hydrogens is 249 g/mol. The molecule has 0 aromatic carbocycles. The van der Waals surface area contributed by atoms with E-state index in [1.165, 1.54) is 64.2 Å². The smallest absolute Gasteiger partial charge is 1.00 e. The quantitative estimate of drug-likeness (QED) is 0.312. The normalized spacial score (nSPS) is 15.6. The van der Waals surface area contributed by atoms with Gasteiger partial charge in [0.15, 0.2) is 0 Å². The summed E-state index contributed by atoms with van der Waals surface area (Å²) >= 11 is 0. The Bertz CT molecular complexity index is 210. The van der Waals surface area contributed by atoms with Gasteiger partial charge in [-0.25, -0.2) is 0 Å². The molecule has 0 nitrogen and oxygen atoms in total. The van der Waals surface area contributed by atoms with Crippen molar-refractivity contribution in [2.24, 2.45) is 23.7 Å². The molecule has 0 bridgehead atoms. The van der Waals surface area contributed by atoms with Crippen molar-refractivity contribution in [3.8, 4) is 0 Å². The van der Waals surface area contributed by atoms with Crippen molar-refractivity contribution in [1.29, 1.82) is 0 Å². The first-order chi connectivity index (χ1) is 9.45. The van der Waals surface area contributed by atoms with Crippen molar-refractivity contribution in [1.82, 2.24) is 0 Å². The first-order valence-electron chi connectivity index (χ1n) is 9.45. The first-order valence-corrected chi connectivity index (χ1v) is 9.45. The number of hydrogen-bond acceptors (Lipinski definition) is 0. The van der Waals surface area contributed by atoms with Gasteiger partial charge in [0.1, 0.15) is 0 Å². The van der Waals surface area contributed by atoms with Crippen molar-refractivity contribution in [2.45, 2.75) is 106 Å². The molecule has 0 radical (unpaired) electrons. The van der Waals surface area contributed by atoms with E-state index in [9.17, 15) is 0 Å². The Labute approximate surface area is 143 Å². The average Bonchev–Trinajstić information content (AvgIpc) is 2.38. The van der Waals surface area contributed by atoms with Gasteiger partial charge in [-0.2, -0.15) is 0 Å². The molecule has 0 amide bonds. The van der Waals surface area contributed by atoms with Gasteiger partial charge in [-0.3, -0.25) is 0 Å². The van der Waals surface area contributed by atoms with Crippen LogP contribution >= 0.6 is 0 Å². The van der Waals surface area contributed by atoms with Gasteiger partial charge in [0.2, 0.25) is 0 Å². The summed E-state index contributed by atoms with van der Waals surface area (Å²) in [5, 5.41) is 0. The second-order valence-electron chi connectivity index (χ2n) is 7.91. The van der Waals surface area contributed by atoms with Gasteiger partial charge in [-0.05, 0) is 23.7 Å². The van der Waals surface area contributed by atoms with Crippen molar-refractivity contribution in [3.63, 3.8) is 0 Å². The molecule has 0 aromatic rings. The van der Waals surface area contributed by atoms with E-state index in [0.29, 0.717) is 0 Å². The predicted octanol–water partition coefficient (Wildman–Crippen LogP) is 7.32. The zero-order valence-electron chi connectivity index (χ0n) is 18.1. The van der Waals surface area contributed by atoms with E-state index in [1.54, 1.807) is 0 Å². The number of rotatable bonds is 13. The fraction of sp³-hybridized carbons (Fsp3) is 1.00. The van der Waals surface area contributed by atoms with E-state index in [-0.39, 0.29) is 13.0 Å². The van der Waals surface area contributed by atoms with Crippen LogP contribution in [0.4, 0.5) is 0 Å². The van der Waals surface area contributed by atoms with Crippen LogP contribution in [0, 0.1) is 23.7 Å². The van der Waals surface area contributed by atoms with Crippen LogP contribution in [0.15, 0.2) is 0 Å². The van der Waals surface area contributed by atoms with Crippen LogP contribution in [-0.4, -0.2) is 10.1 Å². The standard InChI is InChI=1S/C20H42.Be.2H/c1-7-18(4)12-9-14-20(6)16-10-15-19(5)13-8-11-17(2)3;;;/h17-20H,7-16H2,1-6H3;;;/q;+2;2*-1. The summed E-state index contributed by atoms with van der Waals surface area (Å²) in [7, 11) is 0. The molecule has 126 valence electrons. The molecule has 0 spiro atoms. The van der Waals surface area contributed by atoms with Crippen molar-refractivity contribution in [3.05, 3.63) is 0 Å². The first kappa shape index (κ1) is 23.4. The van der Waals surface area contributed by atoms with Crippen LogP contribution in [-0.2, 0) is 0 Å². The van der Waals surface area contributed by atoms with Crippen LogP contribution in [0.2, 0.25) is 0 Å². The Balaban J connectivity index is -0.000000602. The fourth-order valence-corrected chi connectivity index (χ4v) is 3.00. The zero-order chi connectivity index (χ0) is 15.4. The minimum atomic E-state index is 0. The minimum absolute atomic E-state index is 0. The van der Waals surface area contributed by atoms with Gasteiger partial charge in [0.25, 0.3) is 0 Å². The molecule has 0 aliphatic heterocycles. The van der Waals surface area contributed by atoms with E-state index in [0.717, 1.165) is 23.7 Å². The molecule has 0 fully saturated rings. The third kappa shape index (κ3) is 16.4. The minimum Gasteiger partial charge on any atom is -1.00 e. The second kappa shape index (κ2) is 15.1. The molecule has 0 aliphatic rings. The third-order valence-corrected chi connectivity index (χ3v) is 4.96. The van der Waals surface area contributed by atoms with Gasteiger partial charge in [0.05, 0.1) is 0 Å². The Hall–Kier alpha value is 0.169. The second-order valence-corrected chi connectivity index (χ2v) is 7.91. The maximum atomic E-state index is 2.46. The molecule has 0 rings (SSSR count). The third-order valence-electron chi connectivity index (χ3n) is 4.96. The summed E-state index contributed by atoms with van der Waals surface area (Å²) in [6, 6.07) is 0. The molecule has 1 heteroatoms.